The molecular formula is C25H33BrN6O. The summed E-state index contributed by atoms with van der Waals surface area (Å²) in [6, 6.07) is 10.7. The zero-order valence-electron chi connectivity index (χ0n) is 19.2. The maximum absolute atomic E-state index is 7.57. The number of benzene rings is 1. The fraction of sp³-hybridized carbons (Fsp3) is 0.440. The molecule has 3 heterocycles. The van der Waals surface area contributed by atoms with E-state index in [0.717, 1.165) is 52.8 Å². The third-order valence-electron chi connectivity index (χ3n) is 5.90. The lowest BCUT2D eigenvalue weighted by Crippen LogP contribution is -2.30. The lowest BCUT2D eigenvalue weighted by Gasteiger charge is -2.28. The van der Waals surface area contributed by atoms with Crippen LogP contribution in [0.3, 0.4) is 0 Å². The molecule has 2 fully saturated rings. The zero-order chi connectivity index (χ0) is 23.2. The minimum atomic E-state index is 0.250. The summed E-state index contributed by atoms with van der Waals surface area (Å²) in [5, 5.41) is 19.0. The lowest BCUT2D eigenvalue weighted by molar-refractivity contribution is 0.318. The molecule has 176 valence electrons. The minimum Gasteiger partial charge on any atom is -0.397 e. The number of piperidine rings is 1. The van der Waals surface area contributed by atoms with Crippen molar-refractivity contribution in [3.63, 3.8) is 0 Å². The number of aliphatic hydroxyl groups excluding tert-OH is 1. The van der Waals surface area contributed by atoms with E-state index in [-0.39, 0.29) is 6.61 Å². The normalized spacial score (nSPS) is 15.7. The van der Waals surface area contributed by atoms with Gasteiger partial charge in [-0.3, -0.25) is 0 Å². The molecule has 0 unspecified atom stereocenters. The van der Waals surface area contributed by atoms with Crippen LogP contribution in [0.25, 0.3) is 5.65 Å². The van der Waals surface area contributed by atoms with Crippen LogP contribution < -0.4 is 15.5 Å². The Bertz CT molecular complexity index is 1070. The molecule has 3 N–H and O–H groups in total. The van der Waals surface area contributed by atoms with E-state index < -0.39 is 0 Å². The third-order valence-corrected chi connectivity index (χ3v) is 6.46. The van der Waals surface area contributed by atoms with Crippen molar-refractivity contribution in [2.24, 2.45) is 5.92 Å². The Labute approximate surface area is 204 Å². The summed E-state index contributed by atoms with van der Waals surface area (Å²) in [5.74, 6) is 2.63. The van der Waals surface area contributed by atoms with E-state index in [1.807, 2.05) is 4.52 Å². The predicted octanol–water partition coefficient (Wildman–Crippen LogP) is 5.43. The molecule has 1 aliphatic heterocycles. The number of nitrogens with one attached hydrogen (secondary N) is 2. The van der Waals surface area contributed by atoms with E-state index in [9.17, 15) is 0 Å². The average Bonchev–Trinajstić information content (AvgIpc) is 3.63. The molecule has 1 aromatic carbocycles. The first kappa shape index (κ1) is 23.6. The molecule has 8 heteroatoms. The predicted molar refractivity (Wildman–Crippen MR) is 139 cm³/mol. The molecule has 1 saturated heterocycles. The van der Waals surface area contributed by atoms with Crippen molar-refractivity contribution in [3.8, 4) is 0 Å². The second-order valence-electron chi connectivity index (χ2n) is 8.57. The van der Waals surface area contributed by atoms with Crippen molar-refractivity contribution >= 4 is 38.9 Å². The third kappa shape index (κ3) is 6.06. The van der Waals surface area contributed by atoms with E-state index in [1.54, 1.807) is 13.1 Å². The number of hydrogen-bond acceptors (Lipinski definition) is 6. The number of halogens is 1. The molecule has 1 aliphatic carbocycles. The van der Waals surface area contributed by atoms with Gasteiger partial charge in [-0.25, -0.2) is 4.98 Å². The number of nitrogens with zero attached hydrogens (tertiary/aromatic N) is 4. The van der Waals surface area contributed by atoms with Gasteiger partial charge >= 0.3 is 0 Å². The van der Waals surface area contributed by atoms with Gasteiger partial charge in [0.05, 0.1) is 10.7 Å². The van der Waals surface area contributed by atoms with Gasteiger partial charge in [0.2, 0.25) is 0 Å². The van der Waals surface area contributed by atoms with Gasteiger partial charge in [-0.05, 0) is 78.6 Å². The zero-order valence-corrected chi connectivity index (χ0v) is 20.8. The molecule has 0 amide bonds. The van der Waals surface area contributed by atoms with Crippen LogP contribution in [0.5, 0.6) is 0 Å². The molecule has 0 radical (unpaired) electrons. The lowest BCUT2D eigenvalue weighted by atomic mass is 10.1. The molecule has 1 saturated carbocycles. The Balaban J connectivity index is 0.000000821. The van der Waals surface area contributed by atoms with Crippen LogP contribution in [-0.2, 0) is 6.54 Å². The SMILES string of the molecule is C=C(Nc1ccc(CNc2cc(N3CCCCC3)nc3c(Br)cnn23)cc1)C1CC1.CCO. The minimum absolute atomic E-state index is 0.250. The molecule has 33 heavy (non-hydrogen) atoms. The molecule has 5 rings (SSSR count). The van der Waals surface area contributed by atoms with Gasteiger partial charge in [-0.15, -0.1) is 0 Å². The van der Waals surface area contributed by atoms with E-state index >= 15 is 0 Å². The first-order chi connectivity index (χ1) is 16.1. The number of allylic oxidation sites excluding steroid dienone is 1. The number of anilines is 3. The summed E-state index contributed by atoms with van der Waals surface area (Å²) in [6.07, 6.45) is 8.08. The first-order valence-corrected chi connectivity index (χ1v) is 12.6. The fourth-order valence-corrected chi connectivity index (χ4v) is 4.30. The number of rotatable bonds is 7. The van der Waals surface area contributed by atoms with Gasteiger partial charge in [0, 0.05) is 43.7 Å². The Kier molecular flexibility index (Phi) is 7.88. The van der Waals surface area contributed by atoms with Crippen LogP contribution >= 0.6 is 15.9 Å². The Morgan fingerprint density at radius 1 is 1.18 bits per heavy atom. The van der Waals surface area contributed by atoms with E-state index in [0.29, 0.717) is 5.92 Å². The number of fused-ring (bicyclic) bond motifs is 1. The van der Waals surface area contributed by atoms with Crippen molar-refractivity contribution in [2.45, 2.75) is 45.6 Å². The van der Waals surface area contributed by atoms with Gasteiger partial charge < -0.3 is 20.6 Å². The van der Waals surface area contributed by atoms with Crippen LogP contribution in [0, 0.1) is 5.92 Å². The molecule has 7 nitrogen and oxygen atoms in total. The van der Waals surface area contributed by atoms with Crippen molar-refractivity contribution < 1.29 is 5.11 Å². The van der Waals surface area contributed by atoms with E-state index in [4.69, 9.17) is 10.1 Å². The highest BCUT2D eigenvalue weighted by atomic mass is 79.9. The van der Waals surface area contributed by atoms with Crippen molar-refractivity contribution in [3.05, 3.63) is 58.8 Å². The Morgan fingerprint density at radius 2 is 1.88 bits per heavy atom. The highest BCUT2D eigenvalue weighted by Gasteiger charge is 2.24. The Hall–Kier alpha value is -2.58. The van der Waals surface area contributed by atoms with Crippen LogP contribution in [0.4, 0.5) is 17.3 Å². The molecule has 2 aliphatic rings. The summed E-state index contributed by atoms with van der Waals surface area (Å²) in [4.78, 5) is 7.23. The molecule has 0 spiro atoms. The molecule has 3 aromatic rings. The smallest absolute Gasteiger partial charge is 0.173 e. The van der Waals surface area contributed by atoms with Crippen molar-refractivity contribution in [2.75, 3.05) is 35.2 Å². The van der Waals surface area contributed by atoms with Crippen LogP contribution in [-0.4, -0.2) is 39.4 Å². The maximum atomic E-state index is 7.57. The molecule has 2 aromatic heterocycles. The molecule has 0 atom stereocenters. The fourth-order valence-electron chi connectivity index (χ4n) is 3.95. The highest BCUT2D eigenvalue weighted by molar-refractivity contribution is 9.10. The van der Waals surface area contributed by atoms with Gasteiger partial charge in [0.25, 0.3) is 0 Å². The number of aromatic nitrogens is 3. The summed E-state index contributed by atoms with van der Waals surface area (Å²) >= 11 is 3.59. The van der Waals surface area contributed by atoms with Crippen LogP contribution in [0.2, 0.25) is 0 Å². The maximum Gasteiger partial charge on any atom is 0.173 e. The van der Waals surface area contributed by atoms with Gasteiger partial charge in [0.15, 0.2) is 5.65 Å². The molecular weight excluding hydrogens is 480 g/mol. The summed E-state index contributed by atoms with van der Waals surface area (Å²) in [7, 11) is 0. The second-order valence-corrected chi connectivity index (χ2v) is 9.42. The van der Waals surface area contributed by atoms with E-state index in [1.165, 1.54) is 37.7 Å². The topological polar surface area (TPSA) is 77.7 Å². The number of aliphatic hydroxyl groups is 1. The summed E-state index contributed by atoms with van der Waals surface area (Å²) in [6.45, 7) is 8.92. The van der Waals surface area contributed by atoms with Crippen molar-refractivity contribution in [1.29, 1.82) is 0 Å². The monoisotopic (exact) mass is 512 g/mol. The first-order valence-electron chi connectivity index (χ1n) is 11.8. The molecule has 0 bridgehead atoms. The largest absolute Gasteiger partial charge is 0.397 e. The quantitative estimate of drug-likeness (QED) is 0.391. The highest BCUT2D eigenvalue weighted by Crippen LogP contribution is 2.35. The Morgan fingerprint density at radius 3 is 2.55 bits per heavy atom. The standard InChI is InChI=1S/C23H27BrN6.C2H6O/c1-16(18-7-8-18)27-19-9-5-17(6-10-19)14-25-21-13-22(29-11-3-2-4-12-29)28-23-20(24)15-26-30(21)23;1-2-3/h5-6,9-10,13,15,18,25,27H,1-4,7-8,11-12,14H2;3H,2H2,1H3. The van der Waals surface area contributed by atoms with E-state index in [2.05, 4.69) is 73.5 Å². The summed E-state index contributed by atoms with van der Waals surface area (Å²) < 4.78 is 2.78. The van der Waals surface area contributed by atoms with Crippen LogP contribution in [0.1, 0.15) is 44.6 Å². The second kappa shape index (κ2) is 11.0. The van der Waals surface area contributed by atoms with Crippen LogP contribution in [0.15, 0.2) is 53.3 Å². The average molecular weight is 513 g/mol. The van der Waals surface area contributed by atoms with Gasteiger partial charge in [-0.2, -0.15) is 9.61 Å². The van der Waals surface area contributed by atoms with Crippen molar-refractivity contribution in [1.82, 2.24) is 14.6 Å². The summed E-state index contributed by atoms with van der Waals surface area (Å²) in [5.41, 5.74) is 4.30. The number of hydrogen-bond donors (Lipinski definition) is 3. The van der Waals surface area contributed by atoms with Gasteiger partial charge in [-0.1, -0.05) is 18.7 Å². The van der Waals surface area contributed by atoms with Gasteiger partial charge in [0.1, 0.15) is 11.6 Å².